The molecule has 3 amide bonds. The zero-order valence-electron chi connectivity index (χ0n) is 13.7. The lowest BCUT2D eigenvalue weighted by molar-refractivity contribution is 0.0615. The van der Waals surface area contributed by atoms with E-state index in [2.05, 4.69) is 16.3 Å². The quantitative estimate of drug-likeness (QED) is 0.752. The van der Waals surface area contributed by atoms with Crippen LogP contribution in [0.15, 0.2) is 6.07 Å². The van der Waals surface area contributed by atoms with Crippen LogP contribution in [0, 0.1) is 6.92 Å². The Kier molecular flexibility index (Phi) is 4.82. The van der Waals surface area contributed by atoms with Gasteiger partial charge in [0.05, 0.1) is 0 Å². The molecule has 3 heterocycles. The van der Waals surface area contributed by atoms with Crippen molar-refractivity contribution in [1.29, 1.82) is 0 Å². The van der Waals surface area contributed by atoms with Crippen molar-refractivity contribution in [3.63, 3.8) is 0 Å². The minimum atomic E-state index is -0.0268. The third-order valence-electron chi connectivity index (χ3n) is 4.46. The summed E-state index contributed by atoms with van der Waals surface area (Å²) < 4.78 is 4.18. The SMILES string of the molecule is Cc1cc(C(=O)N2CCN(C(=O)N3CCN(C)CC3)CC2)ns1. The topological polar surface area (TPSA) is 60.0 Å². The zero-order valence-corrected chi connectivity index (χ0v) is 14.5. The summed E-state index contributed by atoms with van der Waals surface area (Å²) in [5, 5.41) is 0. The molecule has 1 aromatic rings. The number of hydrogen-bond acceptors (Lipinski definition) is 5. The van der Waals surface area contributed by atoms with Crippen LogP contribution in [0.4, 0.5) is 4.79 Å². The molecule has 0 unspecified atom stereocenters. The molecule has 0 aliphatic carbocycles. The van der Waals surface area contributed by atoms with Crippen molar-refractivity contribution in [3.8, 4) is 0 Å². The molecule has 0 atom stereocenters. The van der Waals surface area contributed by atoms with Gasteiger partial charge in [0.1, 0.15) is 5.69 Å². The Morgan fingerprint density at radius 1 is 0.957 bits per heavy atom. The van der Waals surface area contributed by atoms with E-state index in [0.29, 0.717) is 31.9 Å². The smallest absolute Gasteiger partial charge is 0.320 e. The van der Waals surface area contributed by atoms with Crippen LogP contribution in [0.3, 0.4) is 0 Å². The lowest BCUT2D eigenvalue weighted by Gasteiger charge is -2.39. The van der Waals surface area contributed by atoms with E-state index in [4.69, 9.17) is 0 Å². The second-order valence-corrected chi connectivity index (χ2v) is 7.18. The molecule has 23 heavy (non-hydrogen) atoms. The number of carbonyl (C=O) groups excluding carboxylic acids is 2. The van der Waals surface area contributed by atoms with Gasteiger partial charge in [0, 0.05) is 57.2 Å². The van der Waals surface area contributed by atoms with Crippen molar-refractivity contribution >= 4 is 23.5 Å². The van der Waals surface area contributed by atoms with Crippen LogP contribution in [-0.4, -0.2) is 95.3 Å². The number of urea groups is 1. The van der Waals surface area contributed by atoms with Crippen LogP contribution in [0.5, 0.6) is 0 Å². The lowest BCUT2D eigenvalue weighted by atomic mass is 10.2. The summed E-state index contributed by atoms with van der Waals surface area (Å²) in [7, 11) is 2.08. The molecule has 0 saturated carbocycles. The Labute approximate surface area is 140 Å². The molecule has 8 heteroatoms. The average Bonchev–Trinajstić information content (AvgIpc) is 3.01. The number of piperazine rings is 2. The third-order valence-corrected chi connectivity index (χ3v) is 5.15. The van der Waals surface area contributed by atoms with Crippen LogP contribution >= 0.6 is 11.5 Å². The molecule has 2 saturated heterocycles. The number of aromatic nitrogens is 1. The Morgan fingerprint density at radius 3 is 2.00 bits per heavy atom. The maximum Gasteiger partial charge on any atom is 0.320 e. The van der Waals surface area contributed by atoms with Gasteiger partial charge < -0.3 is 19.6 Å². The molecule has 0 bridgehead atoms. The lowest BCUT2D eigenvalue weighted by Crippen LogP contribution is -2.57. The van der Waals surface area contributed by atoms with E-state index in [9.17, 15) is 9.59 Å². The van der Waals surface area contributed by atoms with Crippen molar-refractivity contribution in [3.05, 3.63) is 16.6 Å². The van der Waals surface area contributed by atoms with E-state index in [1.165, 1.54) is 11.5 Å². The molecular formula is C15H23N5O2S. The van der Waals surface area contributed by atoms with E-state index < -0.39 is 0 Å². The number of amides is 3. The number of rotatable bonds is 1. The fourth-order valence-electron chi connectivity index (χ4n) is 2.93. The van der Waals surface area contributed by atoms with E-state index >= 15 is 0 Å². The first kappa shape index (κ1) is 16.2. The van der Waals surface area contributed by atoms with Crippen molar-refractivity contribution < 1.29 is 9.59 Å². The van der Waals surface area contributed by atoms with Crippen LogP contribution in [0.1, 0.15) is 15.4 Å². The van der Waals surface area contributed by atoms with Gasteiger partial charge in [0.2, 0.25) is 0 Å². The van der Waals surface area contributed by atoms with Crippen molar-refractivity contribution in [2.45, 2.75) is 6.92 Å². The van der Waals surface area contributed by atoms with Crippen LogP contribution < -0.4 is 0 Å². The van der Waals surface area contributed by atoms with Crippen molar-refractivity contribution in [2.24, 2.45) is 0 Å². The van der Waals surface area contributed by atoms with Crippen LogP contribution in [0.25, 0.3) is 0 Å². The van der Waals surface area contributed by atoms with E-state index in [0.717, 1.165) is 31.1 Å². The molecular weight excluding hydrogens is 314 g/mol. The van der Waals surface area contributed by atoms with Crippen molar-refractivity contribution in [1.82, 2.24) is 24.0 Å². The van der Waals surface area contributed by atoms with E-state index in [1.807, 2.05) is 22.8 Å². The first-order valence-electron chi connectivity index (χ1n) is 7.99. The molecule has 1 aromatic heterocycles. The Morgan fingerprint density at radius 2 is 1.48 bits per heavy atom. The summed E-state index contributed by atoms with van der Waals surface area (Å²) in [5.41, 5.74) is 0.520. The highest BCUT2D eigenvalue weighted by Crippen LogP contribution is 2.13. The summed E-state index contributed by atoms with van der Waals surface area (Å²) in [5.74, 6) is -0.0268. The summed E-state index contributed by atoms with van der Waals surface area (Å²) in [6.07, 6.45) is 0. The van der Waals surface area contributed by atoms with Gasteiger partial charge in [-0.1, -0.05) is 0 Å². The Balaban J connectivity index is 1.52. The summed E-state index contributed by atoms with van der Waals surface area (Å²) >= 11 is 1.35. The number of aryl methyl sites for hydroxylation is 1. The number of carbonyl (C=O) groups is 2. The zero-order chi connectivity index (χ0) is 16.4. The van der Waals surface area contributed by atoms with Gasteiger partial charge in [0.25, 0.3) is 5.91 Å². The molecule has 3 rings (SSSR count). The van der Waals surface area contributed by atoms with Gasteiger partial charge in [-0.25, -0.2) is 4.79 Å². The molecule has 2 aliphatic rings. The highest BCUT2D eigenvalue weighted by Gasteiger charge is 2.29. The fourth-order valence-corrected chi connectivity index (χ4v) is 3.47. The predicted octanol–water partition coefficient (Wildman–Crippen LogP) is 0.577. The highest BCUT2D eigenvalue weighted by molar-refractivity contribution is 7.05. The first-order valence-corrected chi connectivity index (χ1v) is 8.77. The molecule has 2 fully saturated rings. The minimum absolute atomic E-state index is 0.0268. The summed E-state index contributed by atoms with van der Waals surface area (Å²) in [6, 6.07) is 1.93. The normalized spacial score (nSPS) is 20.0. The number of hydrogen-bond donors (Lipinski definition) is 0. The van der Waals surface area contributed by atoms with Crippen LogP contribution in [-0.2, 0) is 0 Å². The Hall–Kier alpha value is -1.67. The molecule has 126 valence electrons. The fraction of sp³-hybridized carbons (Fsp3) is 0.667. The summed E-state index contributed by atoms with van der Waals surface area (Å²) in [6.45, 7) is 7.71. The van der Waals surface area contributed by atoms with Gasteiger partial charge in [-0.3, -0.25) is 4.79 Å². The van der Waals surface area contributed by atoms with Gasteiger partial charge >= 0.3 is 6.03 Å². The average molecular weight is 337 g/mol. The maximum absolute atomic E-state index is 12.5. The van der Waals surface area contributed by atoms with Crippen LogP contribution in [0.2, 0.25) is 0 Å². The number of likely N-dealkylation sites (N-methyl/N-ethyl adjacent to an activating group) is 1. The third kappa shape index (κ3) is 3.64. The predicted molar refractivity (Wildman–Crippen MR) is 88.8 cm³/mol. The van der Waals surface area contributed by atoms with Gasteiger partial charge in [-0.15, -0.1) is 0 Å². The summed E-state index contributed by atoms with van der Waals surface area (Å²) in [4.78, 5) is 33.8. The monoisotopic (exact) mass is 337 g/mol. The minimum Gasteiger partial charge on any atom is -0.334 e. The highest BCUT2D eigenvalue weighted by atomic mass is 32.1. The molecule has 7 nitrogen and oxygen atoms in total. The van der Waals surface area contributed by atoms with Gasteiger partial charge in [-0.05, 0) is 31.6 Å². The van der Waals surface area contributed by atoms with Crippen molar-refractivity contribution in [2.75, 3.05) is 59.4 Å². The molecule has 0 spiro atoms. The molecule has 0 N–H and O–H groups in total. The van der Waals surface area contributed by atoms with Gasteiger partial charge in [-0.2, -0.15) is 4.37 Å². The Bertz CT molecular complexity index is 574. The van der Waals surface area contributed by atoms with E-state index in [-0.39, 0.29) is 11.9 Å². The molecule has 0 radical (unpaired) electrons. The number of nitrogens with zero attached hydrogens (tertiary/aromatic N) is 5. The largest absolute Gasteiger partial charge is 0.334 e. The molecule has 2 aliphatic heterocycles. The van der Waals surface area contributed by atoms with Gasteiger partial charge in [0.15, 0.2) is 0 Å². The standard InChI is InChI=1S/C15H23N5O2S/c1-12-11-13(16-23-12)14(21)18-7-9-20(10-8-18)15(22)19-5-3-17(2)4-6-19/h11H,3-10H2,1-2H3. The second kappa shape index (κ2) is 6.84. The van der Waals surface area contributed by atoms with E-state index in [1.54, 1.807) is 4.90 Å². The maximum atomic E-state index is 12.5. The molecule has 0 aromatic carbocycles. The first-order chi connectivity index (χ1) is 11.0. The second-order valence-electron chi connectivity index (χ2n) is 6.17.